The first-order valence-electron chi connectivity index (χ1n) is 13.1. The molecule has 1 aromatic rings. The van der Waals surface area contributed by atoms with Crippen molar-refractivity contribution in [3.8, 4) is 0 Å². The van der Waals surface area contributed by atoms with Gasteiger partial charge >= 0.3 is 5.97 Å². The van der Waals surface area contributed by atoms with Crippen molar-refractivity contribution in [2.75, 3.05) is 6.54 Å². The number of carbonyl (C=O) groups excluding carboxylic acids is 4. The van der Waals surface area contributed by atoms with Gasteiger partial charge in [0.15, 0.2) is 5.96 Å². The minimum atomic E-state index is -1.19. The van der Waals surface area contributed by atoms with Gasteiger partial charge in [-0.2, -0.15) is 0 Å². The number of primary amides is 1. The number of amides is 4. The third-order valence-electron chi connectivity index (χ3n) is 5.85. The van der Waals surface area contributed by atoms with Crippen LogP contribution in [-0.2, 0) is 30.4 Å². The average molecular weight is 563 g/mol. The number of hydrogen-bond donors (Lipinski definition) is 8. The van der Waals surface area contributed by atoms with Crippen LogP contribution in [0.2, 0.25) is 0 Å². The van der Waals surface area contributed by atoms with E-state index in [-0.39, 0.29) is 50.5 Å². The van der Waals surface area contributed by atoms with E-state index in [2.05, 4.69) is 20.9 Å². The second-order valence-corrected chi connectivity index (χ2v) is 9.90. The number of hydrogen-bond acceptors (Lipinski definition) is 7. The maximum Gasteiger partial charge on any atom is 0.326 e. The first kappa shape index (κ1) is 33.8. The molecule has 0 aromatic heterocycles. The summed E-state index contributed by atoms with van der Waals surface area (Å²) in [6.07, 6.45) is 0.532. The number of nitrogens with zero attached hydrogens (tertiary/aromatic N) is 1. The zero-order valence-electron chi connectivity index (χ0n) is 23.0. The lowest BCUT2D eigenvalue weighted by Gasteiger charge is -2.25. The molecular formula is C26H42N8O6. The summed E-state index contributed by atoms with van der Waals surface area (Å²) in [6.45, 7) is 3.84. The van der Waals surface area contributed by atoms with Gasteiger partial charge in [0.1, 0.15) is 18.1 Å². The molecular weight excluding hydrogens is 520 g/mol. The monoisotopic (exact) mass is 562 g/mol. The minimum Gasteiger partial charge on any atom is -0.480 e. The summed E-state index contributed by atoms with van der Waals surface area (Å²) in [5.41, 5.74) is 22.4. The highest BCUT2D eigenvalue weighted by atomic mass is 16.4. The predicted molar refractivity (Wildman–Crippen MR) is 149 cm³/mol. The molecule has 1 rings (SSSR count). The van der Waals surface area contributed by atoms with E-state index in [0.717, 1.165) is 5.56 Å². The van der Waals surface area contributed by atoms with Gasteiger partial charge in [-0.25, -0.2) is 4.79 Å². The molecule has 0 aliphatic carbocycles. The largest absolute Gasteiger partial charge is 0.480 e. The molecule has 40 heavy (non-hydrogen) atoms. The molecule has 4 amide bonds. The van der Waals surface area contributed by atoms with Gasteiger partial charge in [-0.3, -0.25) is 24.2 Å². The number of nitrogens with one attached hydrogen (secondary N) is 3. The van der Waals surface area contributed by atoms with Gasteiger partial charge in [-0.15, -0.1) is 0 Å². The number of carbonyl (C=O) groups is 5. The normalized spacial score (nSPS) is 13.8. The predicted octanol–water partition coefficient (Wildman–Crippen LogP) is -1.54. The third kappa shape index (κ3) is 13.6. The Balaban J connectivity index is 3.15. The third-order valence-corrected chi connectivity index (χ3v) is 5.85. The van der Waals surface area contributed by atoms with Crippen LogP contribution in [-0.4, -0.2) is 71.4 Å². The fourth-order valence-corrected chi connectivity index (χ4v) is 3.78. The summed E-state index contributed by atoms with van der Waals surface area (Å²) in [5.74, 6) is -4.01. The van der Waals surface area contributed by atoms with Crippen molar-refractivity contribution in [1.82, 2.24) is 16.0 Å². The SMILES string of the molecule is CC(C)CC(NC(=O)C(Cc1ccccc1)NC(=O)C(CCCN=C(N)N)NC(=O)C(N)CCC(N)=O)C(=O)O. The van der Waals surface area contributed by atoms with E-state index in [9.17, 15) is 29.1 Å². The van der Waals surface area contributed by atoms with Gasteiger partial charge in [-0.05, 0) is 37.2 Å². The van der Waals surface area contributed by atoms with Crippen molar-refractivity contribution in [2.24, 2.45) is 33.8 Å². The Hall–Kier alpha value is -4.20. The molecule has 222 valence electrons. The number of aliphatic imine (C=N–C) groups is 1. The van der Waals surface area contributed by atoms with Crippen LogP contribution in [0.1, 0.15) is 51.5 Å². The number of benzene rings is 1. The fourth-order valence-electron chi connectivity index (χ4n) is 3.78. The average Bonchev–Trinajstić information content (AvgIpc) is 2.87. The number of carboxylic acid groups (broad SMARTS) is 1. The molecule has 0 saturated carbocycles. The molecule has 1 aromatic carbocycles. The van der Waals surface area contributed by atoms with Crippen LogP contribution in [0.25, 0.3) is 0 Å². The van der Waals surface area contributed by atoms with Crippen LogP contribution in [0.4, 0.5) is 0 Å². The lowest BCUT2D eigenvalue weighted by molar-refractivity contribution is -0.142. The number of aliphatic carboxylic acids is 1. The maximum absolute atomic E-state index is 13.4. The molecule has 0 bridgehead atoms. The molecule has 0 aliphatic heterocycles. The van der Waals surface area contributed by atoms with Crippen molar-refractivity contribution in [1.29, 1.82) is 0 Å². The van der Waals surface area contributed by atoms with E-state index in [1.807, 2.05) is 13.8 Å². The van der Waals surface area contributed by atoms with Gasteiger partial charge in [-0.1, -0.05) is 44.2 Å². The van der Waals surface area contributed by atoms with Crippen LogP contribution >= 0.6 is 0 Å². The summed E-state index contributed by atoms with van der Waals surface area (Å²) in [5, 5.41) is 17.3. The zero-order chi connectivity index (χ0) is 30.2. The summed E-state index contributed by atoms with van der Waals surface area (Å²) in [4.78, 5) is 65.9. The Labute approximate surface area is 233 Å². The number of nitrogens with two attached hydrogens (primary N) is 4. The number of rotatable bonds is 18. The van der Waals surface area contributed by atoms with E-state index in [1.54, 1.807) is 30.3 Å². The Kier molecular flexibility index (Phi) is 14.7. The van der Waals surface area contributed by atoms with Crippen LogP contribution in [0.3, 0.4) is 0 Å². The quantitative estimate of drug-likeness (QED) is 0.0585. The molecule has 4 atom stereocenters. The Morgan fingerprint density at radius 2 is 1.43 bits per heavy atom. The van der Waals surface area contributed by atoms with Crippen molar-refractivity contribution in [3.05, 3.63) is 35.9 Å². The summed E-state index contributed by atoms with van der Waals surface area (Å²) < 4.78 is 0. The second kappa shape index (κ2) is 17.4. The standard InChI is InChI=1S/C26H42N8O6/c1-15(2)13-20(25(39)40)34-24(38)19(14-16-7-4-3-5-8-16)33-23(37)18(9-6-12-31-26(29)30)32-22(36)17(27)10-11-21(28)35/h3-5,7-8,15,17-20H,6,9-14,27H2,1-2H3,(H2,28,35)(H,32,36)(H,33,37)(H,34,38)(H,39,40)(H4,29,30,31). The molecule has 0 spiro atoms. The summed E-state index contributed by atoms with van der Waals surface area (Å²) in [6, 6.07) is 4.34. The van der Waals surface area contributed by atoms with Crippen LogP contribution < -0.4 is 38.9 Å². The van der Waals surface area contributed by atoms with Gasteiger partial charge in [0, 0.05) is 19.4 Å². The van der Waals surface area contributed by atoms with Gasteiger partial charge in [0.05, 0.1) is 6.04 Å². The molecule has 0 aliphatic rings. The van der Waals surface area contributed by atoms with E-state index >= 15 is 0 Å². The number of carboxylic acids is 1. The molecule has 12 N–H and O–H groups in total. The van der Waals surface area contributed by atoms with Gasteiger partial charge in [0.25, 0.3) is 0 Å². The van der Waals surface area contributed by atoms with E-state index in [1.165, 1.54) is 0 Å². The lowest BCUT2D eigenvalue weighted by Crippen LogP contribution is -2.57. The Bertz CT molecular complexity index is 1030. The van der Waals surface area contributed by atoms with Gasteiger partial charge < -0.3 is 44.0 Å². The topological polar surface area (TPSA) is 258 Å². The van der Waals surface area contributed by atoms with Crippen LogP contribution in [0, 0.1) is 5.92 Å². The Morgan fingerprint density at radius 3 is 1.98 bits per heavy atom. The highest BCUT2D eigenvalue weighted by Crippen LogP contribution is 2.09. The molecule has 0 radical (unpaired) electrons. The van der Waals surface area contributed by atoms with E-state index in [0.29, 0.717) is 6.42 Å². The molecule has 14 heteroatoms. The highest BCUT2D eigenvalue weighted by molar-refractivity contribution is 5.94. The first-order chi connectivity index (χ1) is 18.8. The molecule has 14 nitrogen and oxygen atoms in total. The fraction of sp³-hybridized carbons (Fsp3) is 0.538. The molecule has 0 heterocycles. The zero-order valence-corrected chi connectivity index (χ0v) is 23.0. The van der Waals surface area contributed by atoms with Crippen molar-refractivity contribution in [2.45, 2.75) is 76.5 Å². The van der Waals surface area contributed by atoms with Gasteiger partial charge in [0.2, 0.25) is 23.6 Å². The smallest absolute Gasteiger partial charge is 0.326 e. The highest BCUT2D eigenvalue weighted by Gasteiger charge is 2.30. The summed E-state index contributed by atoms with van der Waals surface area (Å²) >= 11 is 0. The van der Waals surface area contributed by atoms with Crippen molar-refractivity contribution in [3.63, 3.8) is 0 Å². The molecule has 0 saturated heterocycles. The van der Waals surface area contributed by atoms with Crippen LogP contribution in [0.15, 0.2) is 35.3 Å². The van der Waals surface area contributed by atoms with E-state index in [4.69, 9.17) is 22.9 Å². The van der Waals surface area contributed by atoms with Crippen molar-refractivity contribution >= 4 is 35.6 Å². The van der Waals surface area contributed by atoms with E-state index < -0.39 is 53.8 Å². The maximum atomic E-state index is 13.4. The first-order valence-corrected chi connectivity index (χ1v) is 13.1. The summed E-state index contributed by atoms with van der Waals surface area (Å²) in [7, 11) is 0. The lowest BCUT2D eigenvalue weighted by atomic mass is 10.0. The number of guanidine groups is 1. The minimum absolute atomic E-state index is 0.00727. The second-order valence-electron chi connectivity index (χ2n) is 9.90. The molecule has 4 unspecified atom stereocenters. The Morgan fingerprint density at radius 1 is 0.850 bits per heavy atom. The van der Waals surface area contributed by atoms with Crippen molar-refractivity contribution < 1.29 is 29.1 Å². The van der Waals surface area contributed by atoms with Crippen LogP contribution in [0.5, 0.6) is 0 Å². The molecule has 0 fully saturated rings.